The number of benzene rings is 2. The first-order chi connectivity index (χ1) is 16.0. The zero-order valence-corrected chi connectivity index (χ0v) is 18.9. The third-order valence-electron chi connectivity index (χ3n) is 5.61. The number of para-hydroxylation sites is 1. The van der Waals surface area contributed by atoms with Gasteiger partial charge in [0.15, 0.2) is 0 Å². The van der Waals surface area contributed by atoms with Crippen molar-refractivity contribution >= 4 is 29.0 Å². The lowest BCUT2D eigenvalue weighted by Crippen LogP contribution is -2.24. The summed E-state index contributed by atoms with van der Waals surface area (Å²) in [6.07, 6.45) is 3.46. The van der Waals surface area contributed by atoms with Gasteiger partial charge < -0.3 is 14.3 Å². The Balaban J connectivity index is 1.60. The van der Waals surface area contributed by atoms with Crippen LogP contribution in [0.15, 0.2) is 65.9 Å². The minimum absolute atomic E-state index is 0.0154. The maximum Gasteiger partial charge on any atom is 0.340 e. The van der Waals surface area contributed by atoms with Gasteiger partial charge in [-0.2, -0.15) is 5.10 Å². The predicted molar refractivity (Wildman–Crippen MR) is 129 cm³/mol. The number of fused-ring (bicyclic) bond motifs is 1. The molecule has 0 aliphatic rings. The molecule has 2 N–H and O–H groups in total. The highest BCUT2D eigenvalue weighted by atomic mass is 16.5. The second-order valence-corrected chi connectivity index (χ2v) is 7.69. The number of aromatic amines is 1. The lowest BCUT2D eigenvalue weighted by atomic mass is 10.1. The number of aromatic nitrogens is 2. The van der Waals surface area contributed by atoms with E-state index in [9.17, 15) is 9.59 Å². The Bertz CT molecular complexity index is 1330. The summed E-state index contributed by atoms with van der Waals surface area (Å²) in [4.78, 5) is 28.6. The Kier molecular flexibility index (Phi) is 6.40. The van der Waals surface area contributed by atoms with Crippen LogP contribution in [-0.2, 0) is 16.1 Å². The predicted octanol–water partition coefficient (Wildman–Crippen LogP) is 4.58. The van der Waals surface area contributed by atoms with Crippen LogP contribution in [0.5, 0.6) is 0 Å². The van der Waals surface area contributed by atoms with E-state index in [2.05, 4.69) is 15.5 Å². The van der Waals surface area contributed by atoms with Crippen LogP contribution in [0, 0.1) is 13.8 Å². The molecule has 2 aromatic carbocycles. The van der Waals surface area contributed by atoms with Crippen LogP contribution in [0.1, 0.15) is 34.1 Å². The molecule has 7 heteroatoms. The van der Waals surface area contributed by atoms with Gasteiger partial charge in [-0.3, -0.25) is 4.79 Å². The fraction of sp³-hybridized carbons (Fsp3) is 0.192. The van der Waals surface area contributed by atoms with Crippen molar-refractivity contribution in [1.82, 2.24) is 15.0 Å². The smallest absolute Gasteiger partial charge is 0.340 e. The molecule has 2 aromatic heterocycles. The first-order valence-corrected chi connectivity index (χ1v) is 10.8. The molecule has 1 amide bonds. The highest BCUT2D eigenvalue weighted by molar-refractivity contribution is 5.99. The largest absolute Gasteiger partial charge is 0.462 e. The van der Waals surface area contributed by atoms with E-state index in [4.69, 9.17) is 4.74 Å². The van der Waals surface area contributed by atoms with Crippen LogP contribution in [0.4, 0.5) is 0 Å². The van der Waals surface area contributed by atoms with E-state index in [-0.39, 0.29) is 25.0 Å². The number of carbonyl (C=O) groups is 2. The van der Waals surface area contributed by atoms with Gasteiger partial charge >= 0.3 is 5.97 Å². The number of ether oxygens (including phenoxy) is 1. The van der Waals surface area contributed by atoms with Gasteiger partial charge in [0.05, 0.1) is 24.1 Å². The number of esters is 1. The number of nitrogens with one attached hydrogen (secondary N) is 2. The third kappa shape index (κ3) is 4.43. The normalized spacial score (nSPS) is 11.2. The third-order valence-corrected chi connectivity index (χ3v) is 5.61. The SMILES string of the molecule is CCOC(=O)c1c(C)c(-c2ccccc2)n(CC(=O)N/N=C/c2c[nH]c3ccccc23)c1C. The monoisotopic (exact) mass is 442 g/mol. The van der Waals surface area contributed by atoms with Gasteiger partial charge in [-0.1, -0.05) is 48.5 Å². The van der Waals surface area contributed by atoms with Gasteiger partial charge in [-0.15, -0.1) is 0 Å². The first-order valence-electron chi connectivity index (χ1n) is 10.8. The molecule has 7 nitrogen and oxygen atoms in total. The summed E-state index contributed by atoms with van der Waals surface area (Å²) in [6.45, 7) is 5.78. The summed E-state index contributed by atoms with van der Waals surface area (Å²) in [6, 6.07) is 17.6. The second kappa shape index (κ2) is 9.56. The van der Waals surface area contributed by atoms with Crippen molar-refractivity contribution in [3.05, 3.63) is 83.2 Å². The Morgan fingerprint density at radius 3 is 2.58 bits per heavy atom. The topological polar surface area (TPSA) is 88.5 Å². The number of hydrazone groups is 1. The summed E-state index contributed by atoms with van der Waals surface area (Å²) in [5.41, 5.74) is 8.18. The number of amides is 1. The minimum Gasteiger partial charge on any atom is -0.462 e. The van der Waals surface area contributed by atoms with Gasteiger partial charge in [0, 0.05) is 28.4 Å². The molecule has 0 aliphatic carbocycles. The zero-order chi connectivity index (χ0) is 23.4. The van der Waals surface area contributed by atoms with Crippen LogP contribution in [-0.4, -0.2) is 34.2 Å². The minimum atomic E-state index is -0.388. The number of rotatable bonds is 7. The van der Waals surface area contributed by atoms with Gasteiger partial charge in [-0.05, 0) is 38.0 Å². The molecule has 0 unspecified atom stereocenters. The number of carbonyl (C=O) groups excluding carboxylic acids is 2. The summed E-state index contributed by atoms with van der Waals surface area (Å²) >= 11 is 0. The fourth-order valence-electron chi connectivity index (χ4n) is 4.12. The van der Waals surface area contributed by atoms with Crippen LogP contribution < -0.4 is 5.43 Å². The molecule has 4 rings (SSSR count). The molecule has 4 aromatic rings. The van der Waals surface area contributed by atoms with Crippen molar-refractivity contribution in [2.24, 2.45) is 5.10 Å². The maximum absolute atomic E-state index is 12.8. The van der Waals surface area contributed by atoms with Crippen LogP contribution in [0.25, 0.3) is 22.2 Å². The van der Waals surface area contributed by atoms with E-state index in [1.807, 2.05) is 79.2 Å². The Morgan fingerprint density at radius 2 is 1.82 bits per heavy atom. The molecule has 33 heavy (non-hydrogen) atoms. The summed E-state index contributed by atoms with van der Waals surface area (Å²) in [5, 5.41) is 5.16. The number of hydrogen-bond donors (Lipinski definition) is 2. The molecule has 0 saturated heterocycles. The highest BCUT2D eigenvalue weighted by Gasteiger charge is 2.25. The molecule has 2 heterocycles. The van der Waals surface area contributed by atoms with Crippen LogP contribution >= 0.6 is 0 Å². The Labute approximate surface area is 192 Å². The molecule has 168 valence electrons. The molecule has 0 atom stereocenters. The molecular weight excluding hydrogens is 416 g/mol. The van der Waals surface area contributed by atoms with E-state index < -0.39 is 0 Å². The van der Waals surface area contributed by atoms with Crippen molar-refractivity contribution in [3.8, 4) is 11.3 Å². The molecular formula is C26H26N4O3. The quantitative estimate of drug-likeness (QED) is 0.249. The molecule has 0 aliphatic heterocycles. The number of nitrogens with zero attached hydrogens (tertiary/aromatic N) is 2. The van der Waals surface area contributed by atoms with E-state index >= 15 is 0 Å². The summed E-state index contributed by atoms with van der Waals surface area (Å²) in [5.74, 6) is -0.682. The highest BCUT2D eigenvalue weighted by Crippen LogP contribution is 2.31. The average molecular weight is 443 g/mol. The van der Waals surface area contributed by atoms with E-state index in [1.54, 1.807) is 13.1 Å². The van der Waals surface area contributed by atoms with Crippen molar-refractivity contribution in [2.75, 3.05) is 6.61 Å². The molecule has 0 spiro atoms. The second-order valence-electron chi connectivity index (χ2n) is 7.69. The van der Waals surface area contributed by atoms with Crippen LogP contribution in [0.3, 0.4) is 0 Å². The van der Waals surface area contributed by atoms with Crippen molar-refractivity contribution in [2.45, 2.75) is 27.3 Å². The Hall–Kier alpha value is -4.13. The lowest BCUT2D eigenvalue weighted by Gasteiger charge is -2.11. The maximum atomic E-state index is 12.8. The first kappa shape index (κ1) is 22.1. The number of hydrogen-bond acceptors (Lipinski definition) is 4. The van der Waals surface area contributed by atoms with E-state index in [0.29, 0.717) is 11.3 Å². The summed E-state index contributed by atoms with van der Waals surface area (Å²) < 4.78 is 7.10. The molecule has 0 fully saturated rings. The van der Waals surface area contributed by atoms with Crippen molar-refractivity contribution < 1.29 is 14.3 Å². The van der Waals surface area contributed by atoms with Gasteiger partial charge in [0.25, 0.3) is 5.91 Å². The van der Waals surface area contributed by atoms with E-state index in [1.165, 1.54) is 0 Å². The van der Waals surface area contributed by atoms with Crippen molar-refractivity contribution in [1.29, 1.82) is 0 Å². The molecule has 0 saturated carbocycles. The van der Waals surface area contributed by atoms with Gasteiger partial charge in [-0.25, -0.2) is 10.2 Å². The van der Waals surface area contributed by atoms with Crippen LogP contribution in [0.2, 0.25) is 0 Å². The zero-order valence-electron chi connectivity index (χ0n) is 18.9. The molecule has 0 bridgehead atoms. The van der Waals surface area contributed by atoms with Gasteiger partial charge in [0.1, 0.15) is 6.54 Å². The summed E-state index contributed by atoms with van der Waals surface area (Å²) in [7, 11) is 0. The lowest BCUT2D eigenvalue weighted by molar-refractivity contribution is -0.121. The number of H-pyrrole nitrogens is 1. The molecule has 0 radical (unpaired) electrons. The van der Waals surface area contributed by atoms with Gasteiger partial charge in [0.2, 0.25) is 0 Å². The van der Waals surface area contributed by atoms with Crippen molar-refractivity contribution in [3.63, 3.8) is 0 Å². The Morgan fingerprint density at radius 1 is 1.09 bits per heavy atom. The average Bonchev–Trinajstić information content (AvgIpc) is 3.33. The standard InChI is InChI=1S/C26H26N4O3/c1-4-33-26(32)24-17(2)25(19-10-6-5-7-11-19)30(18(24)3)16-23(31)29-28-15-20-14-27-22-13-9-8-12-21(20)22/h5-15,27H,4,16H2,1-3H3,(H,29,31)/b28-15+. The fourth-order valence-corrected chi connectivity index (χ4v) is 4.12. The van der Waals surface area contributed by atoms with E-state index in [0.717, 1.165) is 33.3 Å².